The van der Waals surface area contributed by atoms with Gasteiger partial charge in [-0.2, -0.15) is 0 Å². The molecule has 6 atom stereocenters. The van der Waals surface area contributed by atoms with Gasteiger partial charge in [0.15, 0.2) is 0 Å². The van der Waals surface area contributed by atoms with Gasteiger partial charge in [-0.05, 0) is 67.6 Å². The minimum absolute atomic E-state index is 0.00810. The Morgan fingerprint density at radius 3 is 2.41 bits per heavy atom. The number of hydrogen-bond acceptors (Lipinski definition) is 5. The van der Waals surface area contributed by atoms with Gasteiger partial charge in [-0.15, -0.1) is 0 Å². The molecule has 2 amide bonds. The van der Waals surface area contributed by atoms with Crippen molar-refractivity contribution in [3.05, 3.63) is 65.7 Å². The third-order valence-corrected chi connectivity index (χ3v) is 8.96. The van der Waals surface area contributed by atoms with Crippen molar-refractivity contribution in [2.24, 2.45) is 22.7 Å². The quantitative estimate of drug-likeness (QED) is 0.430. The number of amides is 2. The van der Waals surface area contributed by atoms with Gasteiger partial charge in [-0.3, -0.25) is 10.1 Å². The van der Waals surface area contributed by atoms with Crippen molar-refractivity contribution in [1.29, 1.82) is 0 Å². The second-order valence-corrected chi connectivity index (χ2v) is 11.4. The van der Waals surface area contributed by atoms with Gasteiger partial charge in [-0.1, -0.05) is 61.9 Å². The summed E-state index contributed by atoms with van der Waals surface area (Å²) in [5, 5.41) is 27.4. The number of rotatable bonds is 7. The molecular formula is C30H40N2O5. The average Bonchev–Trinajstić information content (AvgIpc) is 2.89. The molecule has 7 heteroatoms. The van der Waals surface area contributed by atoms with E-state index in [0.717, 1.165) is 11.1 Å². The number of aliphatic hydroxyl groups is 2. The first-order chi connectivity index (χ1) is 17.7. The van der Waals surface area contributed by atoms with Crippen LogP contribution < -0.4 is 10.6 Å². The fraction of sp³-hybridized carbons (Fsp3) is 0.533. The van der Waals surface area contributed by atoms with Crippen LogP contribution in [0.1, 0.15) is 57.1 Å². The normalized spacial score (nSPS) is 31.2. The number of aryl methyl sites for hydroxylation is 1. The lowest BCUT2D eigenvalue weighted by molar-refractivity contribution is -0.185. The van der Waals surface area contributed by atoms with Gasteiger partial charge in [0.05, 0.1) is 12.7 Å². The number of anilines is 1. The van der Waals surface area contributed by atoms with Crippen molar-refractivity contribution in [2.45, 2.75) is 71.6 Å². The highest BCUT2D eigenvalue weighted by Gasteiger charge is 2.60. The van der Waals surface area contributed by atoms with Crippen LogP contribution in [0.5, 0.6) is 0 Å². The van der Waals surface area contributed by atoms with Crippen LogP contribution in [-0.4, -0.2) is 41.0 Å². The summed E-state index contributed by atoms with van der Waals surface area (Å²) < 4.78 is 5.90. The predicted molar refractivity (Wildman–Crippen MR) is 143 cm³/mol. The van der Waals surface area contributed by atoms with Gasteiger partial charge < -0.3 is 20.3 Å². The Balaban J connectivity index is 1.45. The van der Waals surface area contributed by atoms with Crippen LogP contribution in [0.2, 0.25) is 0 Å². The van der Waals surface area contributed by atoms with Crippen LogP contribution in [0.25, 0.3) is 0 Å². The Bertz CT molecular complexity index is 1080. The number of aliphatic hydroxyl groups excluding tert-OH is 2. The van der Waals surface area contributed by atoms with Crippen LogP contribution in [0.15, 0.2) is 54.6 Å². The molecule has 0 bridgehead atoms. The smallest absolute Gasteiger partial charge is 0.411 e. The van der Waals surface area contributed by atoms with Gasteiger partial charge >= 0.3 is 6.09 Å². The Hall–Kier alpha value is -2.90. The van der Waals surface area contributed by atoms with Crippen molar-refractivity contribution in [2.75, 3.05) is 11.9 Å². The summed E-state index contributed by atoms with van der Waals surface area (Å²) in [7, 11) is 0. The molecule has 7 nitrogen and oxygen atoms in total. The van der Waals surface area contributed by atoms with E-state index in [-0.39, 0.29) is 36.2 Å². The topological polar surface area (TPSA) is 108 Å². The summed E-state index contributed by atoms with van der Waals surface area (Å²) in [6, 6.07) is 17.3. The Morgan fingerprint density at radius 1 is 1.03 bits per heavy atom. The van der Waals surface area contributed by atoms with Crippen LogP contribution >= 0.6 is 0 Å². The van der Waals surface area contributed by atoms with Gasteiger partial charge in [0.25, 0.3) is 0 Å². The van der Waals surface area contributed by atoms with E-state index in [1.807, 2.05) is 68.4 Å². The Kier molecular flexibility index (Phi) is 8.24. The molecule has 6 unspecified atom stereocenters. The van der Waals surface area contributed by atoms with Gasteiger partial charge in [0, 0.05) is 24.1 Å². The SMILES string of the molecule is Cc1ccc(NC(=O)OC2CCC3(C)C(CC(=O)NCc4ccccc4)C(O)CCC3C2(C)CO)cc1. The lowest BCUT2D eigenvalue weighted by atomic mass is 9.46. The summed E-state index contributed by atoms with van der Waals surface area (Å²) in [5.74, 6) is -0.335. The van der Waals surface area contributed by atoms with E-state index in [1.54, 1.807) is 0 Å². The van der Waals surface area contributed by atoms with E-state index in [1.165, 1.54) is 0 Å². The highest BCUT2D eigenvalue weighted by atomic mass is 16.6. The molecule has 37 heavy (non-hydrogen) atoms. The fourth-order valence-corrected chi connectivity index (χ4v) is 6.76. The molecule has 2 saturated carbocycles. The molecule has 0 spiro atoms. The molecule has 0 saturated heterocycles. The standard InChI is InChI=1S/C30H40N2O5/c1-20-9-11-22(12-10-20)32-28(36)37-26-15-16-29(2)23(24(34)13-14-25(29)30(26,3)19-33)17-27(35)31-18-21-7-5-4-6-8-21/h4-12,23-26,33-34H,13-19H2,1-3H3,(H,31,35)(H,32,36). The number of carbonyl (C=O) groups excluding carboxylic acids is 2. The van der Waals surface area contributed by atoms with Crippen molar-refractivity contribution in [1.82, 2.24) is 5.32 Å². The van der Waals surface area contributed by atoms with E-state index >= 15 is 0 Å². The van der Waals surface area contributed by atoms with Crippen LogP contribution in [0, 0.1) is 29.6 Å². The van der Waals surface area contributed by atoms with Crippen LogP contribution in [0.4, 0.5) is 10.5 Å². The summed E-state index contributed by atoms with van der Waals surface area (Å²) in [6.07, 6.45) is 1.14. The first-order valence-corrected chi connectivity index (χ1v) is 13.3. The van der Waals surface area contributed by atoms with E-state index in [4.69, 9.17) is 4.74 Å². The Labute approximate surface area is 219 Å². The molecule has 2 aromatic carbocycles. The largest absolute Gasteiger partial charge is 0.445 e. The molecule has 2 fully saturated rings. The molecular weight excluding hydrogens is 468 g/mol. The molecule has 0 heterocycles. The highest BCUT2D eigenvalue weighted by Crippen LogP contribution is 2.61. The number of carbonyl (C=O) groups is 2. The maximum absolute atomic E-state index is 12.9. The summed E-state index contributed by atoms with van der Waals surface area (Å²) in [6.45, 7) is 6.39. The van der Waals surface area contributed by atoms with Gasteiger partial charge in [-0.25, -0.2) is 4.79 Å². The zero-order valence-electron chi connectivity index (χ0n) is 22.1. The second kappa shape index (κ2) is 11.2. The first-order valence-electron chi connectivity index (χ1n) is 13.3. The maximum Gasteiger partial charge on any atom is 0.411 e. The van der Waals surface area contributed by atoms with E-state index in [9.17, 15) is 19.8 Å². The lowest BCUT2D eigenvalue weighted by Gasteiger charge is -2.60. The monoisotopic (exact) mass is 508 g/mol. The highest BCUT2D eigenvalue weighted by molar-refractivity contribution is 5.84. The summed E-state index contributed by atoms with van der Waals surface area (Å²) in [4.78, 5) is 25.7. The number of fused-ring (bicyclic) bond motifs is 1. The van der Waals surface area contributed by atoms with Crippen molar-refractivity contribution in [3.8, 4) is 0 Å². The zero-order valence-corrected chi connectivity index (χ0v) is 22.1. The van der Waals surface area contributed by atoms with Gasteiger partial charge in [0.1, 0.15) is 6.10 Å². The summed E-state index contributed by atoms with van der Waals surface area (Å²) >= 11 is 0. The van der Waals surface area contributed by atoms with Crippen molar-refractivity contribution in [3.63, 3.8) is 0 Å². The third kappa shape index (κ3) is 5.83. The molecule has 4 rings (SSSR count). The first kappa shape index (κ1) is 27.1. The van der Waals surface area contributed by atoms with Crippen LogP contribution in [0.3, 0.4) is 0 Å². The number of benzene rings is 2. The second-order valence-electron chi connectivity index (χ2n) is 11.4. The van der Waals surface area contributed by atoms with Crippen molar-refractivity contribution >= 4 is 17.7 Å². The summed E-state index contributed by atoms with van der Waals surface area (Å²) in [5.41, 5.74) is 1.73. The molecule has 0 aromatic heterocycles. The van der Waals surface area contributed by atoms with E-state index < -0.39 is 23.7 Å². The molecule has 4 N–H and O–H groups in total. The maximum atomic E-state index is 12.9. The predicted octanol–water partition coefficient (Wildman–Crippen LogP) is 4.80. The fourth-order valence-electron chi connectivity index (χ4n) is 6.76. The minimum Gasteiger partial charge on any atom is -0.445 e. The third-order valence-electron chi connectivity index (χ3n) is 8.96. The van der Waals surface area contributed by atoms with E-state index in [2.05, 4.69) is 17.6 Å². The molecule has 2 aliphatic rings. The zero-order chi connectivity index (χ0) is 26.6. The van der Waals surface area contributed by atoms with E-state index in [0.29, 0.717) is 37.9 Å². The minimum atomic E-state index is -0.684. The lowest BCUT2D eigenvalue weighted by Crippen LogP contribution is -2.61. The molecule has 0 aliphatic heterocycles. The number of nitrogens with one attached hydrogen (secondary N) is 2. The molecule has 0 radical (unpaired) electrons. The number of hydrogen-bond donors (Lipinski definition) is 4. The Morgan fingerprint density at radius 2 is 1.73 bits per heavy atom. The van der Waals surface area contributed by atoms with Crippen LogP contribution in [-0.2, 0) is 16.1 Å². The molecule has 200 valence electrons. The number of ether oxygens (including phenoxy) is 1. The van der Waals surface area contributed by atoms with Gasteiger partial charge in [0.2, 0.25) is 5.91 Å². The van der Waals surface area contributed by atoms with Crippen molar-refractivity contribution < 1.29 is 24.5 Å². The average molecular weight is 509 g/mol. The molecule has 2 aromatic rings. The molecule has 2 aliphatic carbocycles.